The Balaban J connectivity index is 2.32. The third-order valence-electron chi connectivity index (χ3n) is 2.66. The molecule has 0 amide bonds. The molecule has 1 rings (SSSR count). The summed E-state index contributed by atoms with van der Waals surface area (Å²) in [5, 5.41) is 0. The number of nitrogens with zero attached hydrogens (tertiary/aromatic N) is 1. The minimum atomic E-state index is 0.569. The van der Waals surface area contributed by atoms with Crippen LogP contribution in [-0.2, 0) is 0 Å². The zero-order chi connectivity index (χ0) is 12.0. The van der Waals surface area contributed by atoms with Crippen LogP contribution in [0.5, 0.6) is 5.75 Å². The van der Waals surface area contributed by atoms with Gasteiger partial charge in [-0.15, -0.1) is 0 Å². The van der Waals surface area contributed by atoms with E-state index < -0.39 is 0 Å². The molecule has 0 aliphatic heterocycles. The second kappa shape index (κ2) is 6.38. The van der Waals surface area contributed by atoms with Crippen molar-refractivity contribution in [1.82, 2.24) is 4.90 Å². The fourth-order valence-corrected chi connectivity index (χ4v) is 1.63. The van der Waals surface area contributed by atoms with Crippen LogP contribution < -0.4 is 10.5 Å². The van der Waals surface area contributed by atoms with E-state index in [-0.39, 0.29) is 0 Å². The van der Waals surface area contributed by atoms with E-state index in [4.69, 9.17) is 10.5 Å². The molecule has 0 unspecified atom stereocenters. The standard InChI is InChI=1S/C13H22N2O/c1-4-15(11(2)3)9-10-16-13-7-5-12(14)6-8-13/h5-8,11H,4,9-10,14H2,1-3H3. The molecule has 0 spiro atoms. The normalized spacial score (nSPS) is 11.1. The molecule has 3 nitrogen and oxygen atoms in total. The molecule has 90 valence electrons. The predicted molar refractivity (Wildman–Crippen MR) is 68.7 cm³/mol. The molecule has 0 aliphatic rings. The fraction of sp³-hybridized carbons (Fsp3) is 0.538. The van der Waals surface area contributed by atoms with Crippen LogP contribution >= 0.6 is 0 Å². The van der Waals surface area contributed by atoms with Crippen molar-refractivity contribution in [1.29, 1.82) is 0 Å². The van der Waals surface area contributed by atoms with Crippen LogP contribution in [0.2, 0.25) is 0 Å². The van der Waals surface area contributed by atoms with Crippen molar-refractivity contribution in [3.05, 3.63) is 24.3 Å². The highest BCUT2D eigenvalue weighted by Crippen LogP contribution is 2.12. The van der Waals surface area contributed by atoms with Crippen molar-refractivity contribution >= 4 is 5.69 Å². The number of likely N-dealkylation sites (N-methyl/N-ethyl adjacent to an activating group) is 1. The lowest BCUT2D eigenvalue weighted by Gasteiger charge is -2.24. The van der Waals surface area contributed by atoms with Gasteiger partial charge < -0.3 is 10.5 Å². The van der Waals surface area contributed by atoms with Crippen molar-refractivity contribution in [3.63, 3.8) is 0 Å². The smallest absolute Gasteiger partial charge is 0.119 e. The molecule has 0 aliphatic carbocycles. The van der Waals surface area contributed by atoms with Gasteiger partial charge in [0.2, 0.25) is 0 Å². The first-order valence-corrected chi connectivity index (χ1v) is 5.86. The molecule has 1 aromatic rings. The van der Waals surface area contributed by atoms with Gasteiger partial charge in [-0.2, -0.15) is 0 Å². The average Bonchev–Trinajstić information content (AvgIpc) is 2.26. The first kappa shape index (κ1) is 12.8. The Morgan fingerprint density at radius 2 is 1.88 bits per heavy atom. The van der Waals surface area contributed by atoms with Crippen molar-refractivity contribution in [2.45, 2.75) is 26.8 Å². The molecule has 0 bridgehead atoms. The molecule has 0 radical (unpaired) electrons. The Hall–Kier alpha value is -1.22. The van der Waals surface area contributed by atoms with E-state index >= 15 is 0 Å². The van der Waals surface area contributed by atoms with Gasteiger partial charge in [-0.05, 0) is 44.7 Å². The van der Waals surface area contributed by atoms with E-state index in [9.17, 15) is 0 Å². The highest BCUT2D eigenvalue weighted by Gasteiger charge is 2.06. The summed E-state index contributed by atoms with van der Waals surface area (Å²) in [5.74, 6) is 0.883. The van der Waals surface area contributed by atoms with E-state index in [1.165, 1.54) is 0 Å². The molecular formula is C13H22N2O. The molecule has 0 atom stereocenters. The highest BCUT2D eigenvalue weighted by atomic mass is 16.5. The van der Waals surface area contributed by atoms with Crippen molar-refractivity contribution in [2.24, 2.45) is 0 Å². The number of hydrogen-bond donors (Lipinski definition) is 1. The Kier molecular flexibility index (Phi) is 5.12. The van der Waals surface area contributed by atoms with Gasteiger partial charge >= 0.3 is 0 Å². The molecule has 1 aromatic carbocycles. The quantitative estimate of drug-likeness (QED) is 0.751. The first-order valence-electron chi connectivity index (χ1n) is 5.86. The van der Waals surface area contributed by atoms with Crippen molar-refractivity contribution < 1.29 is 4.74 Å². The Bertz CT molecular complexity index is 295. The zero-order valence-electron chi connectivity index (χ0n) is 10.4. The minimum Gasteiger partial charge on any atom is -0.492 e. The van der Waals surface area contributed by atoms with E-state index in [1.807, 2.05) is 24.3 Å². The second-order valence-corrected chi connectivity index (χ2v) is 4.14. The van der Waals surface area contributed by atoms with Crippen molar-refractivity contribution in [2.75, 3.05) is 25.4 Å². The van der Waals surface area contributed by atoms with E-state index in [1.54, 1.807) is 0 Å². The van der Waals surface area contributed by atoms with E-state index in [2.05, 4.69) is 25.7 Å². The Morgan fingerprint density at radius 1 is 1.25 bits per heavy atom. The monoisotopic (exact) mass is 222 g/mol. The first-order chi connectivity index (χ1) is 7.63. The molecule has 0 heterocycles. The summed E-state index contributed by atoms with van der Waals surface area (Å²) >= 11 is 0. The third-order valence-corrected chi connectivity index (χ3v) is 2.66. The van der Waals surface area contributed by atoms with Gasteiger partial charge in [-0.1, -0.05) is 6.92 Å². The molecular weight excluding hydrogens is 200 g/mol. The molecule has 16 heavy (non-hydrogen) atoms. The Labute approximate surface area is 98.2 Å². The Morgan fingerprint density at radius 3 is 2.38 bits per heavy atom. The second-order valence-electron chi connectivity index (χ2n) is 4.14. The zero-order valence-corrected chi connectivity index (χ0v) is 10.4. The lowest BCUT2D eigenvalue weighted by molar-refractivity contribution is 0.183. The van der Waals surface area contributed by atoms with Gasteiger partial charge in [0, 0.05) is 18.3 Å². The maximum atomic E-state index is 5.65. The summed E-state index contributed by atoms with van der Waals surface area (Å²) in [4.78, 5) is 2.37. The van der Waals surface area contributed by atoms with Crippen LogP contribution in [-0.4, -0.2) is 30.6 Å². The number of hydrogen-bond acceptors (Lipinski definition) is 3. The minimum absolute atomic E-state index is 0.569. The molecule has 0 saturated carbocycles. The number of anilines is 1. The molecule has 3 heteroatoms. The molecule has 0 fully saturated rings. The molecule has 2 N–H and O–H groups in total. The summed E-state index contributed by atoms with van der Waals surface area (Å²) in [5.41, 5.74) is 6.37. The van der Waals surface area contributed by atoms with E-state index in [0.717, 1.165) is 31.1 Å². The van der Waals surface area contributed by atoms with Crippen LogP contribution in [0.4, 0.5) is 5.69 Å². The fourth-order valence-electron chi connectivity index (χ4n) is 1.63. The molecule has 0 saturated heterocycles. The van der Waals surface area contributed by atoms with Crippen LogP contribution in [0.15, 0.2) is 24.3 Å². The predicted octanol–water partition coefficient (Wildman–Crippen LogP) is 2.38. The van der Waals surface area contributed by atoms with Gasteiger partial charge in [-0.3, -0.25) is 4.90 Å². The van der Waals surface area contributed by atoms with Gasteiger partial charge in [0.15, 0.2) is 0 Å². The third kappa shape index (κ3) is 4.11. The molecule has 0 aromatic heterocycles. The average molecular weight is 222 g/mol. The van der Waals surface area contributed by atoms with Crippen molar-refractivity contribution in [3.8, 4) is 5.75 Å². The lowest BCUT2D eigenvalue weighted by atomic mass is 10.3. The van der Waals surface area contributed by atoms with Crippen LogP contribution in [0, 0.1) is 0 Å². The summed E-state index contributed by atoms with van der Waals surface area (Å²) < 4.78 is 5.65. The number of benzene rings is 1. The SMILES string of the molecule is CCN(CCOc1ccc(N)cc1)C(C)C. The number of nitrogen functional groups attached to an aromatic ring is 1. The topological polar surface area (TPSA) is 38.5 Å². The number of rotatable bonds is 6. The van der Waals surface area contributed by atoms with Crippen LogP contribution in [0.25, 0.3) is 0 Å². The maximum absolute atomic E-state index is 5.65. The highest BCUT2D eigenvalue weighted by molar-refractivity contribution is 5.41. The largest absolute Gasteiger partial charge is 0.492 e. The maximum Gasteiger partial charge on any atom is 0.119 e. The number of ether oxygens (including phenoxy) is 1. The van der Waals surface area contributed by atoms with Crippen LogP contribution in [0.1, 0.15) is 20.8 Å². The number of nitrogens with two attached hydrogens (primary N) is 1. The summed E-state index contributed by atoms with van der Waals surface area (Å²) in [6.45, 7) is 9.31. The summed E-state index contributed by atoms with van der Waals surface area (Å²) in [7, 11) is 0. The van der Waals surface area contributed by atoms with Gasteiger partial charge in [0.25, 0.3) is 0 Å². The van der Waals surface area contributed by atoms with Crippen LogP contribution in [0.3, 0.4) is 0 Å². The summed E-state index contributed by atoms with van der Waals surface area (Å²) in [6.07, 6.45) is 0. The van der Waals surface area contributed by atoms with E-state index in [0.29, 0.717) is 6.04 Å². The van der Waals surface area contributed by atoms with Gasteiger partial charge in [0.1, 0.15) is 12.4 Å². The summed E-state index contributed by atoms with van der Waals surface area (Å²) in [6, 6.07) is 8.09. The van der Waals surface area contributed by atoms with Gasteiger partial charge in [0.05, 0.1) is 0 Å². The van der Waals surface area contributed by atoms with Gasteiger partial charge in [-0.25, -0.2) is 0 Å². The lowest BCUT2D eigenvalue weighted by Crippen LogP contribution is -2.34.